The lowest BCUT2D eigenvalue weighted by molar-refractivity contribution is 0.0752. The molecule has 19 heavy (non-hydrogen) atoms. The van der Waals surface area contributed by atoms with Gasteiger partial charge in [0.2, 0.25) is 0 Å². The van der Waals surface area contributed by atoms with Gasteiger partial charge in [-0.15, -0.1) is 0 Å². The van der Waals surface area contributed by atoms with Crippen LogP contribution < -0.4 is 10.5 Å². The van der Waals surface area contributed by atoms with Crippen molar-refractivity contribution in [3.63, 3.8) is 0 Å². The first-order chi connectivity index (χ1) is 9.01. The molecule has 0 radical (unpaired) electrons. The third-order valence-corrected chi connectivity index (χ3v) is 2.80. The summed E-state index contributed by atoms with van der Waals surface area (Å²) < 4.78 is 5.10. The smallest absolute Gasteiger partial charge is 0.254 e. The number of ether oxygens (including phenoxy) is 1. The molecule has 1 amide bonds. The van der Waals surface area contributed by atoms with Crippen LogP contribution in [0, 0.1) is 17.2 Å². The van der Waals surface area contributed by atoms with E-state index in [9.17, 15) is 4.79 Å². The monoisotopic (exact) mass is 261 g/mol. The van der Waals surface area contributed by atoms with Crippen molar-refractivity contribution in [1.82, 2.24) is 4.90 Å². The summed E-state index contributed by atoms with van der Waals surface area (Å²) in [5.74, 6) is 0.204. The van der Waals surface area contributed by atoms with Gasteiger partial charge in [-0.05, 0) is 26.0 Å². The molecule has 0 spiro atoms. The maximum atomic E-state index is 12.4. The lowest BCUT2D eigenvalue weighted by Gasteiger charge is -2.22. The summed E-state index contributed by atoms with van der Waals surface area (Å²) >= 11 is 0. The van der Waals surface area contributed by atoms with E-state index in [1.165, 1.54) is 7.11 Å². The molecule has 5 heteroatoms. The second-order valence-corrected chi connectivity index (χ2v) is 4.37. The maximum absolute atomic E-state index is 12.4. The van der Waals surface area contributed by atoms with Gasteiger partial charge in [-0.25, -0.2) is 0 Å². The van der Waals surface area contributed by atoms with E-state index in [2.05, 4.69) is 6.07 Å². The molecule has 0 aliphatic rings. The molecule has 0 bridgehead atoms. The van der Waals surface area contributed by atoms with Gasteiger partial charge in [0.25, 0.3) is 5.91 Å². The molecule has 0 saturated heterocycles. The fourth-order valence-corrected chi connectivity index (χ4v) is 1.77. The van der Waals surface area contributed by atoms with Crippen LogP contribution in [-0.4, -0.2) is 31.0 Å². The molecule has 5 nitrogen and oxygen atoms in total. The summed E-state index contributed by atoms with van der Waals surface area (Å²) in [6.45, 7) is 4.62. The topological polar surface area (TPSA) is 79.4 Å². The van der Waals surface area contributed by atoms with E-state index in [1.54, 1.807) is 30.0 Å². The Morgan fingerprint density at radius 3 is 2.74 bits per heavy atom. The molecule has 1 atom stereocenters. The van der Waals surface area contributed by atoms with Crippen LogP contribution in [0.5, 0.6) is 5.75 Å². The average Bonchev–Trinajstić information content (AvgIpc) is 2.42. The summed E-state index contributed by atoms with van der Waals surface area (Å²) in [6.07, 6.45) is 0. The van der Waals surface area contributed by atoms with Crippen molar-refractivity contribution in [3.8, 4) is 11.8 Å². The molecule has 0 saturated carbocycles. The highest BCUT2D eigenvalue weighted by Gasteiger charge is 2.17. The number of hydrogen-bond donors (Lipinski definition) is 1. The highest BCUT2D eigenvalue weighted by atomic mass is 16.5. The van der Waals surface area contributed by atoms with Gasteiger partial charge in [0.1, 0.15) is 5.75 Å². The van der Waals surface area contributed by atoms with E-state index in [-0.39, 0.29) is 11.8 Å². The molecule has 0 heterocycles. The molecule has 1 rings (SSSR count). The number of nitrogens with two attached hydrogens (primary N) is 1. The van der Waals surface area contributed by atoms with Crippen molar-refractivity contribution in [1.29, 1.82) is 5.26 Å². The van der Waals surface area contributed by atoms with Gasteiger partial charge in [-0.3, -0.25) is 4.79 Å². The van der Waals surface area contributed by atoms with Crippen LogP contribution >= 0.6 is 0 Å². The number of hydrogen-bond acceptors (Lipinski definition) is 4. The van der Waals surface area contributed by atoms with Crippen molar-refractivity contribution in [3.05, 3.63) is 23.8 Å². The number of methoxy groups -OCH3 is 1. The summed E-state index contributed by atoms with van der Waals surface area (Å²) in [6, 6.07) is 7.05. The summed E-state index contributed by atoms with van der Waals surface area (Å²) in [5.41, 5.74) is 6.69. The molecule has 0 aromatic heterocycles. The Hall–Kier alpha value is -2.22. The second kappa shape index (κ2) is 6.64. The molecule has 2 N–H and O–H groups in total. The summed E-state index contributed by atoms with van der Waals surface area (Å²) in [7, 11) is 1.53. The zero-order chi connectivity index (χ0) is 14.4. The number of carbonyl (C=O) groups excluding carboxylic acids is 1. The van der Waals surface area contributed by atoms with Crippen LogP contribution in [0.2, 0.25) is 0 Å². The third kappa shape index (κ3) is 3.88. The lowest BCUT2D eigenvalue weighted by atomic mass is 10.1. The van der Waals surface area contributed by atoms with Crippen molar-refractivity contribution < 1.29 is 9.53 Å². The van der Waals surface area contributed by atoms with Crippen molar-refractivity contribution >= 4 is 11.6 Å². The van der Waals surface area contributed by atoms with Crippen molar-refractivity contribution in [2.75, 3.05) is 25.9 Å². The van der Waals surface area contributed by atoms with Gasteiger partial charge in [0, 0.05) is 30.4 Å². The quantitative estimate of drug-likeness (QED) is 0.821. The second-order valence-electron chi connectivity index (χ2n) is 4.37. The Morgan fingerprint density at radius 2 is 2.21 bits per heavy atom. The molecule has 1 aromatic rings. The van der Waals surface area contributed by atoms with Crippen molar-refractivity contribution in [2.24, 2.45) is 5.92 Å². The first kappa shape index (κ1) is 14.8. The Labute approximate surface area is 113 Å². The maximum Gasteiger partial charge on any atom is 0.254 e. The highest BCUT2D eigenvalue weighted by Crippen LogP contribution is 2.20. The van der Waals surface area contributed by atoms with Gasteiger partial charge in [0.15, 0.2) is 0 Å². The number of amides is 1. The normalized spacial score (nSPS) is 11.5. The van der Waals surface area contributed by atoms with Crippen LogP contribution in [-0.2, 0) is 0 Å². The van der Waals surface area contributed by atoms with Crippen LogP contribution in [0.25, 0.3) is 0 Å². The molecular weight excluding hydrogens is 242 g/mol. The van der Waals surface area contributed by atoms with E-state index >= 15 is 0 Å². The minimum atomic E-state index is -0.202. The number of benzene rings is 1. The standard InChI is InChI=1S/C14H19N3O2/c1-4-17(9-10(2)8-15)14(18)11-5-12(16)7-13(6-11)19-3/h5-7,10H,4,9,16H2,1-3H3. The first-order valence-electron chi connectivity index (χ1n) is 6.15. The molecule has 1 aromatic carbocycles. The summed E-state index contributed by atoms with van der Waals surface area (Å²) in [5, 5.41) is 8.83. The largest absolute Gasteiger partial charge is 0.497 e. The SMILES string of the molecule is CCN(CC(C)C#N)C(=O)c1cc(N)cc(OC)c1. The summed E-state index contributed by atoms with van der Waals surface area (Å²) in [4.78, 5) is 14.0. The van der Waals surface area contributed by atoms with Crippen LogP contribution in [0.1, 0.15) is 24.2 Å². The average molecular weight is 261 g/mol. The van der Waals surface area contributed by atoms with E-state index in [0.717, 1.165) is 0 Å². The number of rotatable bonds is 5. The molecule has 0 aliphatic heterocycles. The number of carbonyl (C=O) groups is 1. The number of nitriles is 1. The van der Waals surface area contributed by atoms with Crippen LogP contribution in [0.3, 0.4) is 0 Å². The number of anilines is 1. The van der Waals surface area contributed by atoms with E-state index in [4.69, 9.17) is 15.7 Å². The Kier molecular flexibility index (Phi) is 5.19. The third-order valence-electron chi connectivity index (χ3n) is 2.80. The van der Waals surface area contributed by atoms with E-state index in [0.29, 0.717) is 30.1 Å². The fraction of sp³-hybridized carbons (Fsp3) is 0.429. The van der Waals surface area contributed by atoms with Crippen LogP contribution in [0.15, 0.2) is 18.2 Å². The van der Waals surface area contributed by atoms with Gasteiger partial charge >= 0.3 is 0 Å². The zero-order valence-corrected chi connectivity index (χ0v) is 11.5. The zero-order valence-electron chi connectivity index (χ0n) is 11.5. The fourth-order valence-electron chi connectivity index (χ4n) is 1.77. The van der Waals surface area contributed by atoms with Gasteiger partial charge in [-0.2, -0.15) is 5.26 Å². The van der Waals surface area contributed by atoms with Crippen LogP contribution in [0.4, 0.5) is 5.69 Å². The Morgan fingerprint density at radius 1 is 1.53 bits per heavy atom. The van der Waals surface area contributed by atoms with Crippen molar-refractivity contribution in [2.45, 2.75) is 13.8 Å². The highest BCUT2D eigenvalue weighted by molar-refractivity contribution is 5.95. The Balaban J connectivity index is 2.97. The van der Waals surface area contributed by atoms with E-state index in [1.807, 2.05) is 6.92 Å². The minimum Gasteiger partial charge on any atom is -0.497 e. The Bertz CT molecular complexity index is 494. The minimum absolute atomic E-state index is 0.143. The molecular formula is C14H19N3O2. The predicted octanol–water partition coefficient (Wildman–Crippen LogP) is 1.90. The lowest BCUT2D eigenvalue weighted by Crippen LogP contribution is -2.34. The number of nitrogen functional groups attached to an aromatic ring is 1. The molecule has 0 aliphatic carbocycles. The van der Waals surface area contributed by atoms with Gasteiger partial charge in [-0.1, -0.05) is 0 Å². The first-order valence-corrected chi connectivity index (χ1v) is 6.15. The molecule has 0 fully saturated rings. The van der Waals surface area contributed by atoms with Gasteiger partial charge in [0.05, 0.1) is 19.1 Å². The number of nitrogens with zero attached hydrogens (tertiary/aromatic N) is 2. The molecule has 102 valence electrons. The molecule has 1 unspecified atom stereocenters. The van der Waals surface area contributed by atoms with E-state index < -0.39 is 0 Å². The van der Waals surface area contributed by atoms with Gasteiger partial charge < -0.3 is 15.4 Å². The predicted molar refractivity (Wildman–Crippen MR) is 73.8 cm³/mol.